The van der Waals surface area contributed by atoms with Crippen LogP contribution in [0.3, 0.4) is 0 Å². The number of amides is 1. The van der Waals surface area contributed by atoms with Crippen molar-refractivity contribution in [2.24, 2.45) is 5.92 Å². The maximum atomic E-state index is 14.0. The molecule has 2 aliphatic heterocycles. The number of rotatable bonds is 15. The first-order valence-corrected chi connectivity index (χ1v) is 18.9. The second-order valence-electron chi connectivity index (χ2n) is 13.9. The molecular weight excluding hydrogens is 709 g/mol. The lowest BCUT2D eigenvalue weighted by Gasteiger charge is -2.29. The molecule has 0 bridgehead atoms. The molecule has 1 saturated heterocycles. The van der Waals surface area contributed by atoms with Gasteiger partial charge in [0, 0.05) is 26.2 Å². The molecule has 14 nitrogen and oxygen atoms in total. The van der Waals surface area contributed by atoms with Gasteiger partial charge in [0.1, 0.15) is 35.2 Å². The predicted octanol–water partition coefficient (Wildman–Crippen LogP) is 7.63. The molecule has 2 aliphatic rings. The van der Waals surface area contributed by atoms with Crippen LogP contribution in [0.5, 0.6) is 5.75 Å². The summed E-state index contributed by atoms with van der Waals surface area (Å²) in [6.07, 6.45) is 8.03. The molecule has 0 aromatic heterocycles. The Kier molecular flexibility index (Phi) is 16.5. The zero-order chi connectivity index (χ0) is 39.4. The van der Waals surface area contributed by atoms with Gasteiger partial charge in [0.2, 0.25) is 0 Å². The van der Waals surface area contributed by atoms with Crippen molar-refractivity contribution < 1.29 is 60.9 Å². The van der Waals surface area contributed by atoms with E-state index in [-0.39, 0.29) is 56.1 Å². The van der Waals surface area contributed by atoms with Crippen molar-refractivity contribution in [3.63, 3.8) is 0 Å². The van der Waals surface area contributed by atoms with Gasteiger partial charge in [-0.3, -0.25) is 18.5 Å². The Balaban J connectivity index is 2.16. The summed E-state index contributed by atoms with van der Waals surface area (Å²) in [5.74, 6) is -1.64. The third kappa shape index (κ3) is 13.2. The lowest BCUT2D eigenvalue weighted by atomic mass is 9.98. The van der Waals surface area contributed by atoms with E-state index in [9.17, 15) is 14.2 Å². The van der Waals surface area contributed by atoms with Crippen molar-refractivity contribution in [3.05, 3.63) is 66.8 Å². The standard InChI is InChI=1S/C38H56NO13P/c1-12-20-46-53(42,47-21-13-2)48-22-19-39(36(41)52-37(5,6)7)29-23-28-15-14-16-31-34(51-38(8,9)50-31)30(44-11)18-17-26(3)27(4)49-35(40)33(28)32(24-29)45-25-43-10/h12-15,17-18,23-24,26-27,30-31,34H,1-2,16,19-22,25H2,3-11H3/b15-14?,18-17-/t26-,27+,30-,31+,34-/m1/s1. The van der Waals surface area contributed by atoms with Crippen LogP contribution in [0.1, 0.15) is 70.8 Å². The summed E-state index contributed by atoms with van der Waals surface area (Å²) in [6.45, 7) is 18.8. The lowest BCUT2D eigenvalue weighted by Crippen LogP contribution is -2.39. The number of carbonyl (C=O) groups excluding carboxylic acids is 2. The molecule has 1 aromatic rings. The number of ether oxygens (including phenoxy) is 7. The quantitative estimate of drug-likeness (QED) is 0.0747. The van der Waals surface area contributed by atoms with E-state index in [1.165, 1.54) is 30.2 Å². The largest absolute Gasteiger partial charge is 0.475 e. The molecule has 3 rings (SSSR count). The van der Waals surface area contributed by atoms with Gasteiger partial charge in [0.05, 0.1) is 38.2 Å². The fourth-order valence-corrected chi connectivity index (χ4v) is 6.51. The van der Waals surface area contributed by atoms with E-state index in [0.717, 1.165) is 0 Å². The zero-order valence-electron chi connectivity index (χ0n) is 32.4. The Morgan fingerprint density at radius 3 is 2.34 bits per heavy atom. The van der Waals surface area contributed by atoms with Crippen LogP contribution in [0.25, 0.3) is 6.08 Å². The van der Waals surface area contributed by atoms with E-state index in [1.807, 2.05) is 39.0 Å². The van der Waals surface area contributed by atoms with Crippen molar-refractivity contribution in [3.8, 4) is 5.75 Å². The van der Waals surface area contributed by atoms with Gasteiger partial charge in [0.25, 0.3) is 0 Å². The molecule has 0 radical (unpaired) electrons. The van der Waals surface area contributed by atoms with Gasteiger partial charge in [-0.1, -0.05) is 43.4 Å². The number of hydrogen-bond acceptors (Lipinski definition) is 13. The van der Waals surface area contributed by atoms with Crippen LogP contribution in [0, 0.1) is 5.92 Å². The molecule has 0 saturated carbocycles. The van der Waals surface area contributed by atoms with Crippen LogP contribution >= 0.6 is 7.82 Å². The van der Waals surface area contributed by atoms with E-state index in [0.29, 0.717) is 12.0 Å². The summed E-state index contributed by atoms with van der Waals surface area (Å²) in [4.78, 5) is 29.0. The maximum Gasteiger partial charge on any atom is 0.475 e. The van der Waals surface area contributed by atoms with E-state index in [2.05, 4.69) is 13.2 Å². The molecule has 0 N–H and O–H groups in total. The third-order valence-corrected chi connectivity index (χ3v) is 9.40. The molecule has 296 valence electrons. The van der Waals surface area contributed by atoms with Crippen LogP contribution in [-0.4, -0.2) is 95.2 Å². The number of cyclic esters (lactones) is 1. The molecular formula is C38H56NO13P. The fourth-order valence-electron chi connectivity index (χ4n) is 5.40. The topological polar surface area (TPSA) is 147 Å². The minimum Gasteiger partial charge on any atom is -0.467 e. The predicted molar refractivity (Wildman–Crippen MR) is 200 cm³/mol. The average molecular weight is 766 g/mol. The van der Waals surface area contributed by atoms with Gasteiger partial charge in [-0.15, -0.1) is 13.2 Å². The minimum atomic E-state index is -4.06. The Morgan fingerprint density at radius 1 is 1.06 bits per heavy atom. The Bertz CT molecular complexity index is 1500. The molecule has 0 aliphatic carbocycles. The second kappa shape index (κ2) is 19.8. The summed E-state index contributed by atoms with van der Waals surface area (Å²) in [6, 6.07) is 3.13. The number of nitrogens with zero attached hydrogens (tertiary/aromatic N) is 1. The van der Waals surface area contributed by atoms with Gasteiger partial charge in [-0.05, 0) is 59.6 Å². The lowest BCUT2D eigenvalue weighted by molar-refractivity contribution is -0.153. The average Bonchev–Trinajstić information content (AvgIpc) is 3.39. The highest BCUT2D eigenvalue weighted by atomic mass is 31.2. The molecule has 53 heavy (non-hydrogen) atoms. The monoisotopic (exact) mass is 765 g/mol. The smallest absolute Gasteiger partial charge is 0.467 e. The SMILES string of the molecule is C=CCOP(=O)(OCC=C)OCCN(C(=O)OC(C)(C)C)c1cc2c(c(OCOC)c1)C(=O)O[C@@H](C)[C@H](C)/C=C\[C@@H](OC)[C@H]1OC(C)(C)O[C@H]1CC=C2. The number of anilines is 1. The molecule has 1 fully saturated rings. The van der Waals surface area contributed by atoms with Gasteiger partial charge in [0.15, 0.2) is 12.6 Å². The fraction of sp³-hybridized carbons (Fsp3) is 0.579. The van der Waals surface area contributed by atoms with E-state index >= 15 is 0 Å². The highest BCUT2D eigenvalue weighted by molar-refractivity contribution is 7.48. The molecule has 0 unspecified atom stereocenters. The zero-order valence-corrected chi connectivity index (χ0v) is 33.3. The Hall–Kier alpha value is -3.33. The summed E-state index contributed by atoms with van der Waals surface area (Å²) in [5, 5.41) is 0. The van der Waals surface area contributed by atoms with Crippen LogP contribution < -0.4 is 9.64 Å². The van der Waals surface area contributed by atoms with Gasteiger partial charge < -0.3 is 33.2 Å². The first kappa shape index (κ1) is 44.1. The molecule has 15 heteroatoms. The number of carbonyl (C=O) groups is 2. The van der Waals surface area contributed by atoms with Crippen molar-refractivity contribution in [2.45, 2.75) is 90.7 Å². The van der Waals surface area contributed by atoms with Crippen LogP contribution in [-0.2, 0) is 46.6 Å². The van der Waals surface area contributed by atoms with Crippen molar-refractivity contribution >= 4 is 31.6 Å². The second-order valence-corrected chi connectivity index (χ2v) is 15.5. The normalized spacial score (nSPS) is 23.9. The van der Waals surface area contributed by atoms with Gasteiger partial charge in [-0.25, -0.2) is 14.2 Å². The van der Waals surface area contributed by atoms with Crippen LogP contribution in [0.15, 0.2) is 55.7 Å². The summed E-state index contributed by atoms with van der Waals surface area (Å²) >= 11 is 0. The number of methoxy groups -OCH3 is 2. The van der Waals surface area contributed by atoms with Gasteiger partial charge >= 0.3 is 19.9 Å². The number of phosphoric acid groups is 1. The van der Waals surface area contributed by atoms with Crippen LogP contribution in [0.4, 0.5) is 10.5 Å². The first-order valence-electron chi connectivity index (χ1n) is 17.5. The van der Waals surface area contributed by atoms with Crippen molar-refractivity contribution in [2.75, 3.05) is 52.3 Å². The summed E-state index contributed by atoms with van der Waals surface area (Å²) in [7, 11) is -1.01. The van der Waals surface area contributed by atoms with Crippen molar-refractivity contribution in [1.82, 2.24) is 0 Å². The number of fused-ring (bicyclic) bond motifs is 2. The van der Waals surface area contributed by atoms with E-state index in [4.69, 9.17) is 46.7 Å². The third-order valence-electron chi connectivity index (χ3n) is 7.97. The molecule has 2 heterocycles. The number of phosphoric ester groups is 1. The molecule has 1 amide bonds. The Labute approximate surface area is 313 Å². The van der Waals surface area contributed by atoms with Crippen molar-refractivity contribution in [1.29, 1.82) is 0 Å². The summed E-state index contributed by atoms with van der Waals surface area (Å²) < 4.78 is 70.7. The minimum absolute atomic E-state index is 0.0826. The highest BCUT2D eigenvalue weighted by Crippen LogP contribution is 2.49. The summed E-state index contributed by atoms with van der Waals surface area (Å²) in [5.41, 5.74) is -0.137. The highest BCUT2D eigenvalue weighted by Gasteiger charge is 2.44. The number of benzene rings is 1. The maximum absolute atomic E-state index is 14.0. The first-order chi connectivity index (χ1) is 25.0. The van der Waals surface area contributed by atoms with Crippen LogP contribution in [0.2, 0.25) is 0 Å². The molecule has 0 spiro atoms. The number of esters is 1. The Morgan fingerprint density at radius 2 is 1.74 bits per heavy atom. The van der Waals surface area contributed by atoms with Gasteiger partial charge in [-0.2, -0.15) is 0 Å². The molecule has 1 aromatic carbocycles. The van der Waals surface area contributed by atoms with E-state index in [1.54, 1.807) is 46.9 Å². The number of hydrogen-bond donors (Lipinski definition) is 0. The molecule has 5 atom stereocenters. The van der Waals surface area contributed by atoms with E-state index < -0.39 is 55.7 Å².